The lowest BCUT2D eigenvalue weighted by molar-refractivity contribution is -0.137. The molecule has 5 aromatic rings. The first-order valence-corrected chi connectivity index (χ1v) is 13.0. The Hall–Kier alpha value is -4.52. The van der Waals surface area contributed by atoms with Crippen molar-refractivity contribution in [3.05, 3.63) is 141 Å². The second-order valence-corrected chi connectivity index (χ2v) is 10.1. The molecule has 0 fully saturated rings. The summed E-state index contributed by atoms with van der Waals surface area (Å²) in [6, 6.07) is 27.5. The molecule has 0 unspecified atom stereocenters. The van der Waals surface area contributed by atoms with Crippen molar-refractivity contribution in [1.82, 2.24) is 0 Å². The molecule has 0 bridgehead atoms. The van der Waals surface area contributed by atoms with Crippen molar-refractivity contribution < 1.29 is 27.4 Å². The Labute approximate surface area is 228 Å². The number of hydrogen-bond donors (Lipinski definition) is 1. The summed E-state index contributed by atoms with van der Waals surface area (Å²) in [6.45, 7) is 0.146. The summed E-state index contributed by atoms with van der Waals surface area (Å²) in [6.07, 6.45) is -2.98. The van der Waals surface area contributed by atoms with Crippen LogP contribution in [0.15, 0.2) is 106 Å². The van der Waals surface area contributed by atoms with Crippen molar-refractivity contribution in [3.8, 4) is 11.5 Å². The van der Waals surface area contributed by atoms with Gasteiger partial charge in [0.1, 0.15) is 23.7 Å². The summed E-state index contributed by atoms with van der Waals surface area (Å²) >= 11 is 0. The van der Waals surface area contributed by atoms with Crippen LogP contribution in [0.25, 0.3) is 11.0 Å². The highest BCUT2D eigenvalue weighted by atomic mass is 19.4. The van der Waals surface area contributed by atoms with Gasteiger partial charge >= 0.3 is 11.8 Å². The third-order valence-corrected chi connectivity index (χ3v) is 7.62. The van der Waals surface area contributed by atoms with Crippen molar-refractivity contribution in [3.63, 3.8) is 0 Å². The van der Waals surface area contributed by atoms with Crippen molar-refractivity contribution in [2.75, 3.05) is 0 Å². The maximum absolute atomic E-state index is 13.1. The summed E-state index contributed by atoms with van der Waals surface area (Å²) in [5.74, 6) is 0.295. The van der Waals surface area contributed by atoms with E-state index in [9.17, 15) is 23.1 Å². The van der Waals surface area contributed by atoms with E-state index in [2.05, 4.69) is 6.07 Å². The number of ether oxygens (including phenoxy) is 1. The predicted octanol–water partition coefficient (Wildman–Crippen LogP) is 7.96. The van der Waals surface area contributed by atoms with Crippen LogP contribution >= 0.6 is 0 Å². The molecule has 1 aliphatic carbocycles. The fraction of sp³-hybridized carbons (Fsp3) is 0.182. The van der Waals surface area contributed by atoms with Crippen molar-refractivity contribution in [1.29, 1.82) is 0 Å². The Morgan fingerprint density at radius 1 is 0.875 bits per heavy atom. The third kappa shape index (κ3) is 4.95. The molecule has 0 saturated carbocycles. The van der Waals surface area contributed by atoms with E-state index in [0.717, 1.165) is 35.2 Å². The zero-order chi connectivity index (χ0) is 27.9. The fourth-order valence-electron chi connectivity index (χ4n) is 5.60. The monoisotopic (exact) mass is 542 g/mol. The second-order valence-electron chi connectivity index (χ2n) is 10.1. The minimum Gasteiger partial charge on any atom is -0.507 e. The summed E-state index contributed by atoms with van der Waals surface area (Å²) < 4.78 is 49.8. The first-order chi connectivity index (χ1) is 19.3. The van der Waals surface area contributed by atoms with E-state index in [1.54, 1.807) is 24.3 Å². The molecule has 0 amide bonds. The molecule has 2 atom stereocenters. The van der Waals surface area contributed by atoms with Crippen LogP contribution in [0.4, 0.5) is 13.2 Å². The quantitative estimate of drug-likeness (QED) is 0.229. The van der Waals surface area contributed by atoms with Gasteiger partial charge in [-0.25, -0.2) is 4.79 Å². The molecule has 0 aliphatic heterocycles. The molecule has 4 nitrogen and oxygen atoms in total. The van der Waals surface area contributed by atoms with Crippen LogP contribution in [0, 0.1) is 0 Å². The van der Waals surface area contributed by atoms with E-state index in [0.29, 0.717) is 28.7 Å². The Balaban J connectivity index is 1.24. The van der Waals surface area contributed by atoms with Gasteiger partial charge < -0.3 is 14.3 Å². The molecule has 1 aromatic heterocycles. The van der Waals surface area contributed by atoms with Crippen LogP contribution in [0.1, 0.15) is 51.6 Å². The number of para-hydroxylation sites is 1. The molecule has 4 aromatic carbocycles. The summed E-state index contributed by atoms with van der Waals surface area (Å²) in [5.41, 5.74) is 3.20. The number of hydrogen-bond acceptors (Lipinski definition) is 4. The van der Waals surface area contributed by atoms with Gasteiger partial charge in [-0.15, -0.1) is 0 Å². The molecule has 40 heavy (non-hydrogen) atoms. The highest BCUT2D eigenvalue weighted by Gasteiger charge is 2.33. The van der Waals surface area contributed by atoms with Crippen LogP contribution in [0.3, 0.4) is 0 Å². The maximum atomic E-state index is 13.1. The summed E-state index contributed by atoms with van der Waals surface area (Å²) in [7, 11) is 0. The van der Waals surface area contributed by atoms with E-state index in [4.69, 9.17) is 9.15 Å². The normalized spacial score (nSPS) is 17.0. The molecular formula is C33H25F3O4. The minimum atomic E-state index is -4.37. The lowest BCUT2D eigenvalue weighted by atomic mass is 9.72. The van der Waals surface area contributed by atoms with Gasteiger partial charge in [0, 0.05) is 5.92 Å². The van der Waals surface area contributed by atoms with Crippen LogP contribution in [-0.2, 0) is 19.2 Å². The van der Waals surface area contributed by atoms with Gasteiger partial charge in [-0.05, 0) is 77.4 Å². The van der Waals surface area contributed by atoms with Gasteiger partial charge in [0.25, 0.3) is 0 Å². The van der Waals surface area contributed by atoms with E-state index >= 15 is 0 Å². The molecule has 6 rings (SSSR count). The SMILES string of the molecule is O=c1oc2ccccc2c(O)c1[C@H]1C[C@@H](c2ccc(OCc3ccc(C(F)(F)F)cc3)cc2)Cc2ccccc21. The minimum absolute atomic E-state index is 0.0423. The maximum Gasteiger partial charge on any atom is 0.416 e. The van der Waals surface area contributed by atoms with Crippen LogP contribution in [-0.4, -0.2) is 5.11 Å². The van der Waals surface area contributed by atoms with E-state index in [1.807, 2.05) is 42.5 Å². The van der Waals surface area contributed by atoms with E-state index in [-0.39, 0.29) is 29.8 Å². The van der Waals surface area contributed by atoms with Crippen LogP contribution < -0.4 is 10.4 Å². The lowest BCUT2D eigenvalue weighted by Gasteiger charge is -2.32. The topological polar surface area (TPSA) is 59.7 Å². The van der Waals surface area contributed by atoms with Crippen molar-refractivity contribution in [2.24, 2.45) is 0 Å². The number of fused-ring (bicyclic) bond motifs is 2. The molecule has 1 aliphatic rings. The van der Waals surface area contributed by atoms with Gasteiger partial charge in [0.2, 0.25) is 0 Å². The van der Waals surface area contributed by atoms with Gasteiger partial charge in [-0.1, -0.05) is 60.7 Å². The largest absolute Gasteiger partial charge is 0.507 e. The molecule has 1 N–H and O–H groups in total. The average Bonchev–Trinajstić information content (AvgIpc) is 2.96. The first kappa shape index (κ1) is 25.7. The molecule has 0 saturated heterocycles. The standard InChI is InChI=1S/C33H25F3O4/c34-33(35,36)24-13-9-20(10-14-24)19-39-25-15-11-21(12-16-25)23-17-22-5-1-2-6-26(22)28(18-23)30-31(37)27-7-3-4-8-29(27)40-32(30)38/h1-16,23,28,37H,17-19H2/t23-,28-/m0/s1. The lowest BCUT2D eigenvalue weighted by Crippen LogP contribution is -2.23. The Bertz CT molecular complexity index is 1720. The Morgan fingerprint density at radius 2 is 1.57 bits per heavy atom. The van der Waals surface area contributed by atoms with Crippen LogP contribution in [0.2, 0.25) is 0 Å². The average molecular weight is 543 g/mol. The zero-order valence-corrected chi connectivity index (χ0v) is 21.3. The smallest absolute Gasteiger partial charge is 0.416 e. The number of aromatic hydroxyl groups is 1. The predicted molar refractivity (Wildman–Crippen MR) is 146 cm³/mol. The zero-order valence-electron chi connectivity index (χ0n) is 21.3. The van der Waals surface area contributed by atoms with E-state index < -0.39 is 17.4 Å². The van der Waals surface area contributed by atoms with Gasteiger partial charge in [0.05, 0.1) is 16.5 Å². The van der Waals surface area contributed by atoms with Gasteiger partial charge in [0.15, 0.2) is 0 Å². The first-order valence-electron chi connectivity index (χ1n) is 13.0. The highest BCUT2D eigenvalue weighted by molar-refractivity contribution is 5.84. The second kappa shape index (κ2) is 10.2. The summed E-state index contributed by atoms with van der Waals surface area (Å²) in [4.78, 5) is 13.1. The number of benzene rings is 4. The molecule has 202 valence electrons. The van der Waals surface area contributed by atoms with Gasteiger partial charge in [-0.2, -0.15) is 13.2 Å². The van der Waals surface area contributed by atoms with Crippen molar-refractivity contribution in [2.45, 2.75) is 37.5 Å². The Kier molecular flexibility index (Phi) is 6.58. The third-order valence-electron chi connectivity index (χ3n) is 7.62. The number of halogens is 3. The molecular weight excluding hydrogens is 517 g/mol. The molecule has 1 heterocycles. The summed E-state index contributed by atoms with van der Waals surface area (Å²) in [5, 5.41) is 11.7. The van der Waals surface area contributed by atoms with Crippen LogP contribution in [0.5, 0.6) is 11.5 Å². The number of alkyl halides is 3. The van der Waals surface area contributed by atoms with Gasteiger partial charge in [-0.3, -0.25) is 0 Å². The molecule has 0 radical (unpaired) electrons. The molecule has 7 heteroatoms. The fourth-order valence-corrected chi connectivity index (χ4v) is 5.60. The van der Waals surface area contributed by atoms with E-state index in [1.165, 1.54) is 12.1 Å². The van der Waals surface area contributed by atoms with Crippen molar-refractivity contribution >= 4 is 11.0 Å². The Morgan fingerprint density at radius 3 is 2.33 bits per heavy atom. The molecule has 0 spiro atoms. The highest BCUT2D eigenvalue weighted by Crippen LogP contribution is 2.45. The number of rotatable bonds is 5.